The number of hydrogen-bond donors (Lipinski definition) is 2. The first-order valence-electron chi connectivity index (χ1n) is 10.5. The van der Waals surface area contributed by atoms with Crippen molar-refractivity contribution in [3.05, 3.63) is 59.7 Å². The third-order valence-electron chi connectivity index (χ3n) is 4.90. The van der Waals surface area contributed by atoms with Crippen LogP contribution >= 0.6 is 0 Å². The average molecular weight is 410 g/mol. The SMILES string of the molecule is CC(C)(C)OC(=O)NCc1ccc(C(=O)Nc2ccc(N3CCCCC3)cc2)cc1. The molecule has 0 aromatic heterocycles. The molecule has 2 amide bonds. The van der Waals surface area contributed by atoms with Gasteiger partial charge < -0.3 is 20.3 Å². The third-order valence-corrected chi connectivity index (χ3v) is 4.90. The standard InChI is InChI=1S/C24H31N3O3/c1-24(2,3)30-23(29)25-17-18-7-9-19(10-8-18)22(28)26-20-11-13-21(14-12-20)27-15-5-4-6-16-27/h7-14H,4-6,15-17H2,1-3H3,(H,25,29)(H,26,28). The van der Waals surface area contributed by atoms with Gasteiger partial charge in [-0.05, 0) is 82.0 Å². The second-order valence-corrected chi connectivity index (χ2v) is 8.60. The largest absolute Gasteiger partial charge is 0.444 e. The van der Waals surface area contributed by atoms with Crippen LogP contribution in [0.25, 0.3) is 0 Å². The highest BCUT2D eigenvalue weighted by molar-refractivity contribution is 6.04. The molecule has 0 saturated carbocycles. The zero-order chi connectivity index (χ0) is 21.6. The summed E-state index contributed by atoms with van der Waals surface area (Å²) in [6.45, 7) is 8.00. The van der Waals surface area contributed by atoms with Crippen LogP contribution in [0.1, 0.15) is 56.0 Å². The summed E-state index contributed by atoms with van der Waals surface area (Å²) in [5.74, 6) is -0.160. The van der Waals surface area contributed by atoms with Crippen molar-refractivity contribution in [3.63, 3.8) is 0 Å². The minimum Gasteiger partial charge on any atom is -0.444 e. The predicted molar refractivity (Wildman–Crippen MR) is 120 cm³/mol. The number of amides is 2. The molecule has 2 aromatic rings. The quantitative estimate of drug-likeness (QED) is 0.733. The molecular formula is C24H31N3O3. The van der Waals surface area contributed by atoms with Gasteiger partial charge in [-0.25, -0.2) is 4.79 Å². The molecule has 1 aliphatic rings. The molecule has 0 spiro atoms. The van der Waals surface area contributed by atoms with Gasteiger partial charge in [0.15, 0.2) is 0 Å². The molecule has 160 valence electrons. The molecule has 30 heavy (non-hydrogen) atoms. The van der Waals surface area contributed by atoms with Crippen molar-refractivity contribution in [1.29, 1.82) is 0 Å². The number of anilines is 2. The highest BCUT2D eigenvalue weighted by Gasteiger charge is 2.16. The Labute approximate surface area is 178 Å². The number of alkyl carbamates (subject to hydrolysis) is 1. The number of nitrogens with one attached hydrogen (secondary N) is 2. The number of nitrogens with zero attached hydrogens (tertiary/aromatic N) is 1. The van der Waals surface area contributed by atoms with Gasteiger partial charge in [-0.3, -0.25) is 4.79 Å². The third kappa shape index (κ3) is 6.51. The average Bonchev–Trinajstić information content (AvgIpc) is 2.72. The van der Waals surface area contributed by atoms with Crippen molar-refractivity contribution in [1.82, 2.24) is 5.32 Å². The van der Waals surface area contributed by atoms with Crippen LogP contribution in [0.5, 0.6) is 0 Å². The predicted octanol–water partition coefficient (Wildman–Crippen LogP) is 4.95. The maximum Gasteiger partial charge on any atom is 0.407 e. The van der Waals surface area contributed by atoms with Gasteiger partial charge in [-0.2, -0.15) is 0 Å². The van der Waals surface area contributed by atoms with Crippen LogP contribution in [-0.4, -0.2) is 30.7 Å². The Kier molecular flexibility index (Phi) is 6.98. The van der Waals surface area contributed by atoms with Crippen LogP contribution in [0.2, 0.25) is 0 Å². The highest BCUT2D eigenvalue weighted by atomic mass is 16.6. The van der Waals surface area contributed by atoms with Crippen LogP contribution in [-0.2, 0) is 11.3 Å². The van der Waals surface area contributed by atoms with Crippen molar-refractivity contribution in [2.24, 2.45) is 0 Å². The monoisotopic (exact) mass is 409 g/mol. The van der Waals surface area contributed by atoms with Crippen LogP contribution < -0.4 is 15.5 Å². The molecule has 1 heterocycles. The molecule has 1 fully saturated rings. The van der Waals surface area contributed by atoms with E-state index in [1.165, 1.54) is 24.9 Å². The van der Waals surface area contributed by atoms with E-state index in [9.17, 15) is 9.59 Å². The molecule has 2 aromatic carbocycles. The van der Waals surface area contributed by atoms with Gasteiger partial charge in [0.25, 0.3) is 5.91 Å². The number of carbonyl (C=O) groups is 2. The van der Waals surface area contributed by atoms with E-state index in [1.807, 2.05) is 45.0 Å². The minimum atomic E-state index is -0.530. The molecule has 0 unspecified atom stereocenters. The van der Waals surface area contributed by atoms with Crippen LogP contribution in [0, 0.1) is 0 Å². The van der Waals surface area contributed by atoms with Gasteiger partial charge in [0.1, 0.15) is 5.60 Å². The summed E-state index contributed by atoms with van der Waals surface area (Å²) in [6.07, 6.45) is 3.32. The Morgan fingerprint density at radius 1 is 0.933 bits per heavy atom. The summed E-state index contributed by atoms with van der Waals surface area (Å²) in [5.41, 5.74) is 2.91. The Morgan fingerprint density at radius 2 is 1.57 bits per heavy atom. The maximum absolute atomic E-state index is 12.5. The molecule has 1 aliphatic heterocycles. The zero-order valence-electron chi connectivity index (χ0n) is 18.0. The van der Waals surface area contributed by atoms with E-state index in [4.69, 9.17) is 4.74 Å². The van der Waals surface area contributed by atoms with Gasteiger partial charge in [0.05, 0.1) is 0 Å². The van der Waals surface area contributed by atoms with Gasteiger partial charge in [-0.1, -0.05) is 12.1 Å². The number of hydrogen-bond acceptors (Lipinski definition) is 4. The van der Waals surface area contributed by atoms with E-state index < -0.39 is 11.7 Å². The Morgan fingerprint density at radius 3 is 2.17 bits per heavy atom. The van der Waals surface area contributed by atoms with E-state index in [2.05, 4.69) is 27.7 Å². The lowest BCUT2D eigenvalue weighted by molar-refractivity contribution is 0.0523. The van der Waals surface area contributed by atoms with E-state index in [-0.39, 0.29) is 5.91 Å². The van der Waals surface area contributed by atoms with Crippen molar-refractivity contribution in [2.75, 3.05) is 23.3 Å². The molecule has 0 aliphatic carbocycles. The first-order valence-corrected chi connectivity index (χ1v) is 10.5. The molecule has 6 nitrogen and oxygen atoms in total. The normalized spacial score (nSPS) is 14.2. The van der Waals surface area contributed by atoms with Gasteiger partial charge in [-0.15, -0.1) is 0 Å². The maximum atomic E-state index is 12.5. The number of piperidine rings is 1. The van der Waals surface area contributed by atoms with E-state index >= 15 is 0 Å². The number of carbonyl (C=O) groups excluding carboxylic acids is 2. The summed E-state index contributed by atoms with van der Waals surface area (Å²) in [5, 5.41) is 5.65. The summed E-state index contributed by atoms with van der Waals surface area (Å²) >= 11 is 0. The van der Waals surface area contributed by atoms with Crippen LogP contribution in [0.3, 0.4) is 0 Å². The van der Waals surface area contributed by atoms with Gasteiger partial charge >= 0.3 is 6.09 Å². The molecular weight excluding hydrogens is 378 g/mol. The van der Waals surface area contributed by atoms with Crippen molar-refractivity contribution < 1.29 is 14.3 Å². The van der Waals surface area contributed by atoms with Crippen molar-refractivity contribution >= 4 is 23.4 Å². The fraction of sp³-hybridized carbons (Fsp3) is 0.417. The Balaban J connectivity index is 1.51. The fourth-order valence-electron chi connectivity index (χ4n) is 3.37. The lowest BCUT2D eigenvalue weighted by Crippen LogP contribution is -2.32. The number of rotatable bonds is 5. The molecule has 1 saturated heterocycles. The molecule has 6 heteroatoms. The van der Waals surface area contributed by atoms with E-state index in [0.717, 1.165) is 24.3 Å². The van der Waals surface area contributed by atoms with Gasteiger partial charge in [0.2, 0.25) is 0 Å². The second kappa shape index (κ2) is 9.65. The topological polar surface area (TPSA) is 70.7 Å². The van der Waals surface area contributed by atoms with Crippen molar-refractivity contribution in [2.45, 2.75) is 52.2 Å². The molecule has 0 bridgehead atoms. The Bertz CT molecular complexity index is 849. The first kappa shape index (κ1) is 21.7. The minimum absolute atomic E-state index is 0.160. The molecule has 2 N–H and O–H groups in total. The smallest absolute Gasteiger partial charge is 0.407 e. The fourth-order valence-corrected chi connectivity index (χ4v) is 3.37. The number of ether oxygens (including phenoxy) is 1. The van der Waals surface area contributed by atoms with Crippen molar-refractivity contribution in [3.8, 4) is 0 Å². The Hall–Kier alpha value is -3.02. The highest BCUT2D eigenvalue weighted by Crippen LogP contribution is 2.22. The second-order valence-electron chi connectivity index (χ2n) is 8.60. The lowest BCUT2D eigenvalue weighted by Gasteiger charge is -2.28. The van der Waals surface area contributed by atoms with Crippen LogP contribution in [0.4, 0.5) is 16.2 Å². The zero-order valence-corrected chi connectivity index (χ0v) is 18.0. The first-order chi connectivity index (χ1) is 14.3. The summed E-state index contributed by atoms with van der Waals surface area (Å²) in [7, 11) is 0. The van der Waals surface area contributed by atoms with Gasteiger partial charge in [0, 0.05) is 36.6 Å². The number of benzene rings is 2. The lowest BCUT2D eigenvalue weighted by atomic mass is 10.1. The summed E-state index contributed by atoms with van der Waals surface area (Å²) < 4.78 is 5.22. The molecule has 3 rings (SSSR count). The molecule has 0 radical (unpaired) electrons. The summed E-state index contributed by atoms with van der Waals surface area (Å²) in [6, 6.07) is 15.2. The van der Waals surface area contributed by atoms with E-state index in [1.54, 1.807) is 12.1 Å². The molecule has 0 atom stereocenters. The van der Waals surface area contributed by atoms with Crippen LogP contribution in [0.15, 0.2) is 48.5 Å². The van der Waals surface area contributed by atoms with E-state index in [0.29, 0.717) is 12.1 Å². The summed E-state index contributed by atoms with van der Waals surface area (Å²) in [4.78, 5) is 26.6.